The van der Waals surface area contributed by atoms with Gasteiger partial charge in [0.1, 0.15) is 11.6 Å². The van der Waals surface area contributed by atoms with E-state index in [1.54, 1.807) is 0 Å². The van der Waals surface area contributed by atoms with Crippen molar-refractivity contribution in [2.24, 2.45) is 0 Å². The second-order valence-electron chi connectivity index (χ2n) is 7.71. The van der Waals surface area contributed by atoms with Gasteiger partial charge in [0.05, 0.1) is 22.3 Å². The molecule has 154 valence electrons. The molecule has 1 N–H and O–H groups in total. The Hall–Kier alpha value is -2.46. The first kappa shape index (κ1) is 21.3. The molecular weight excluding hydrogens is 391 g/mol. The van der Waals surface area contributed by atoms with Crippen LogP contribution in [-0.4, -0.2) is 29.2 Å². The predicted octanol–water partition coefficient (Wildman–Crippen LogP) is 3.79. The summed E-state index contributed by atoms with van der Waals surface area (Å²) in [6.45, 7) is 7.40. The van der Waals surface area contributed by atoms with Gasteiger partial charge in [-0.1, -0.05) is 6.07 Å². The zero-order valence-corrected chi connectivity index (χ0v) is 16.2. The van der Waals surface area contributed by atoms with Crippen molar-refractivity contribution >= 4 is 24.3 Å². The number of pyridine rings is 1. The maximum atomic E-state index is 14.2. The number of hydrogen-bond donors (Lipinski definition) is 1. The minimum absolute atomic E-state index is 0.342. The average molecular weight is 410 g/mol. The Kier molecular flexibility index (Phi) is 5.21. The molecule has 0 bridgehead atoms. The third-order valence-corrected chi connectivity index (χ3v) is 5.09. The minimum Gasteiger partial charge on any atom is -0.399 e. The second-order valence-corrected chi connectivity index (χ2v) is 7.71. The average Bonchev–Trinajstić information content (AvgIpc) is 2.82. The fraction of sp³-hybridized carbons (Fsp3) is 0.368. The molecule has 1 aliphatic rings. The number of benzene rings is 1. The summed E-state index contributed by atoms with van der Waals surface area (Å²) in [6, 6.07) is 5.20. The van der Waals surface area contributed by atoms with E-state index in [1.807, 2.05) is 27.7 Å². The van der Waals surface area contributed by atoms with E-state index in [9.17, 15) is 22.4 Å². The fourth-order valence-electron chi connectivity index (χ4n) is 2.70. The molecule has 0 radical (unpaired) electrons. The first-order valence-corrected chi connectivity index (χ1v) is 8.80. The van der Waals surface area contributed by atoms with Crippen molar-refractivity contribution < 1.29 is 31.7 Å². The van der Waals surface area contributed by atoms with Crippen molar-refractivity contribution in [1.29, 1.82) is 0 Å². The highest BCUT2D eigenvalue weighted by atomic mass is 19.4. The van der Waals surface area contributed by atoms with Crippen molar-refractivity contribution in [2.45, 2.75) is 45.1 Å². The smallest absolute Gasteiger partial charge is 0.399 e. The van der Waals surface area contributed by atoms with Gasteiger partial charge in [0.2, 0.25) is 0 Å². The molecule has 5 nitrogen and oxygen atoms in total. The highest BCUT2D eigenvalue weighted by Crippen LogP contribution is 2.36. The third-order valence-electron chi connectivity index (χ3n) is 5.09. The summed E-state index contributed by atoms with van der Waals surface area (Å²) in [7, 11) is -0.821. The molecule has 0 aliphatic carbocycles. The molecular formula is C19H19BF4N2O3. The van der Waals surface area contributed by atoms with Gasteiger partial charge in [-0.2, -0.15) is 13.2 Å². The number of halogens is 4. The summed E-state index contributed by atoms with van der Waals surface area (Å²) in [5, 5.41) is 2.19. The number of hydrogen-bond acceptors (Lipinski definition) is 4. The van der Waals surface area contributed by atoms with Crippen LogP contribution in [0.15, 0.2) is 36.5 Å². The van der Waals surface area contributed by atoms with Crippen LogP contribution in [-0.2, 0) is 15.5 Å². The zero-order chi connectivity index (χ0) is 21.6. The molecule has 0 unspecified atom stereocenters. The third kappa shape index (κ3) is 4.28. The molecule has 1 aromatic carbocycles. The van der Waals surface area contributed by atoms with Crippen LogP contribution < -0.4 is 10.8 Å². The Morgan fingerprint density at radius 1 is 1.07 bits per heavy atom. The van der Waals surface area contributed by atoms with E-state index in [1.165, 1.54) is 12.1 Å². The SMILES string of the molecule is CC1(C)OB(c2ccc(F)c(C(=O)Nc3cc(C(F)(F)F)ccn3)c2)OC1(C)C. The van der Waals surface area contributed by atoms with Crippen LogP contribution in [0.4, 0.5) is 23.4 Å². The van der Waals surface area contributed by atoms with Gasteiger partial charge < -0.3 is 14.6 Å². The molecule has 1 amide bonds. The Balaban J connectivity index is 1.85. The molecule has 29 heavy (non-hydrogen) atoms. The number of amides is 1. The number of rotatable bonds is 3. The highest BCUT2D eigenvalue weighted by Gasteiger charge is 2.51. The number of nitrogens with one attached hydrogen (secondary N) is 1. The fourth-order valence-corrected chi connectivity index (χ4v) is 2.70. The summed E-state index contributed by atoms with van der Waals surface area (Å²) >= 11 is 0. The monoisotopic (exact) mass is 410 g/mol. The zero-order valence-electron chi connectivity index (χ0n) is 16.2. The number of nitrogens with zero attached hydrogens (tertiary/aromatic N) is 1. The molecule has 1 fully saturated rings. The molecule has 1 saturated heterocycles. The van der Waals surface area contributed by atoms with E-state index in [0.29, 0.717) is 11.5 Å². The number of carbonyl (C=O) groups excluding carboxylic acids is 1. The van der Waals surface area contributed by atoms with Crippen LogP contribution >= 0.6 is 0 Å². The maximum Gasteiger partial charge on any atom is 0.494 e. The van der Waals surface area contributed by atoms with Gasteiger partial charge >= 0.3 is 13.3 Å². The van der Waals surface area contributed by atoms with E-state index in [-0.39, 0.29) is 11.4 Å². The molecule has 0 atom stereocenters. The van der Waals surface area contributed by atoms with Gasteiger partial charge in [-0.3, -0.25) is 4.79 Å². The normalized spacial score (nSPS) is 18.0. The van der Waals surface area contributed by atoms with Crippen molar-refractivity contribution in [3.8, 4) is 0 Å². The molecule has 0 spiro atoms. The van der Waals surface area contributed by atoms with Crippen LogP contribution in [0.5, 0.6) is 0 Å². The summed E-state index contributed by atoms with van der Waals surface area (Å²) in [5.74, 6) is -2.12. The summed E-state index contributed by atoms with van der Waals surface area (Å²) in [4.78, 5) is 16.1. The van der Waals surface area contributed by atoms with Gasteiger partial charge in [0.25, 0.3) is 5.91 Å². The molecule has 1 aliphatic heterocycles. The molecule has 2 aromatic rings. The molecule has 0 saturated carbocycles. The van der Waals surface area contributed by atoms with Gasteiger partial charge in [-0.05, 0) is 57.4 Å². The number of aromatic nitrogens is 1. The van der Waals surface area contributed by atoms with Crippen LogP contribution in [0.25, 0.3) is 0 Å². The number of anilines is 1. The van der Waals surface area contributed by atoms with E-state index in [2.05, 4.69) is 10.3 Å². The van der Waals surface area contributed by atoms with Crippen LogP contribution in [0.2, 0.25) is 0 Å². The predicted molar refractivity (Wildman–Crippen MR) is 99.3 cm³/mol. The standard InChI is InChI=1S/C19H19BF4N2O3/c1-17(2)18(3,4)29-20(28-17)12-5-6-14(21)13(10-12)16(27)26-15-9-11(7-8-25-15)19(22,23)24/h5-10H,1-4H3,(H,25,26,27). The number of carbonyl (C=O) groups is 1. The molecule has 2 heterocycles. The largest absolute Gasteiger partial charge is 0.494 e. The van der Waals surface area contributed by atoms with E-state index in [4.69, 9.17) is 9.31 Å². The second kappa shape index (κ2) is 7.10. The maximum absolute atomic E-state index is 14.2. The molecule has 3 rings (SSSR count). The van der Waals surface area contributed by atoms with E-state index in [0.717, 1.165) is 18.3 Å². The quantitative estimate of drug-likeness (QED) is 0.618. The summed E-state index contributed by atoms with van der Waals surface area (Å²) in [5.41, 5.74) is -2.19. The first-order valence-electron chi connectivity index (χ1n) is 8.80. The lowest BCUT2D eigenvalue weighted by Gasteiger charge is -2.32. The summed E-state index contributed by atoms with van der Waals surface area (Å²) < 4.78 is 64.4. The Bertz CT molecular complexity index is 931. The topological polar surface area (TPSA) is 60.5 Å². The van der Waals surface area contributed by atoms with Gasteiger partial charge in [-0.25, -0.2) is 9.37 Å². The Morgan fingerprint density at radius 2 is 1.69 bits per heavy atom. The first-order chi connectivity index (χ1) is 13.3. The van der Waals surface area contributed by atoms with Gasteiger partial charge in [-0.15, -0.1) is 0 Å². The Labute approximate surface area is 165 Å². The van der Waals surface area contributed by atoms with Gasteiger partial charge in [0.15, 0.2) is 0 Å². The van der Waals surface area contributed by atoms with E-state index < -0.39 is 41.8 Å². The number of alkyl halides is 3. The lowest BCUT2D eigenvalue weighted by Crippen LogP contribution is -2.41. The van der Waals surface area contributed by atoms with Crippen molar-refractivity contribution in [1.82, 2.24) is 4.98 Å². The lowest BCUT2D eigenvalue weighted by atomic mass is 9.78. The van der Waals surface area contributed by atoms with Crippen LogP contribution in [0, 0.1) is 5.82 Å². The highest BCUT2D eigenvalue weighted by molar-refractivity contribution is 6.62. The van der Waals surface area contributed by atoms with Crippen LogP contribution in [0.1, 0.15) is 43.6 Å². The van der Waals surface area contributed by atoms with Crippen molar-refractivity contribution in [3.05, 3.63) is 53.5 Å². The van der Waals surface area contributed by atoms with Crippen LogP contribution in [0.3, 0.4) is 0 Å². The van der Waals surface area contributed by atoms with Crippen molar-refractivity contribution in [3.63, 3.8) is 0 Å². The summed E-state index contributed by atoms with van der Waals surface area (Å²) in [6.07, 6.45) is -3.68. The minimum atomic E-state index is -4.59. The molecule has 1 aromatic heterocycles. The Morgan fingerprint density at radius 3 is 2.28 bits per heavy atom. The molecule has 10 heteroatoms. The van der Waals surface area contributed by atoms with Gasteiger partial charge in [0, 0.05) is 6.20 Å². The lowest BCUT2D eigenvalue weighted by molar-refractivity contribution is -0.137. The van der Waals surface area contributed by atoms with Crippen molar-refractivity contribution in [2.75, 3.05) is 5.32 Å². The van der Waals surface area contributed by atoms with E-state index >= 15 is 0 Å².